The Kier molecular flexibility index (Phi) is 3.77. The minimum atomic E-state index is -0.431. The summed E-state index contributed by atoms with van der Waals surface area (Å²) in [6, 6.07) is 7.64. The third-order valence-corrected chi connectivity index (χ3v) is 2.85. The van der Waals surface area contributed by atoms with Gasteiger partial charge in [-0.15, -0.1) is 0 Å². The summed E-state index contributed by atoms with van der Waals surface area (Å²) in [5.41, 5.74) is 1.94. The number of rotatable bonds is 3. The lowest BCUT2D eigenvalue weighted by molar-refractivity contribution is -0.147. The molecular formula is C14H14O4. The van der Waals surface area contributed by atoms with Gasteiger partial charge in [-0.1, -0.05) is 36.4 Å². The van der Waals surface area contributed by atoms with Gasteiger partial charge in [0.15, 0.2) is 0 Å². The Bertz CT molecular complexity index is 490. The van der Waals surface area contributed by atoms with Gasteiger partial charge in [0.1, 0.15) is 12.5 Å². The van der Waals surface area contributed by atoms with Gasteiger partial charge in [-0.25, -0.2) is 0 Å². The molecule has 4 nitrogen and oxygen atoms in total. The Hall–Kier alpha value is -2.10. The van der Waals surface area contributed by atoms with Crippen molar-refractivity contribution in [2.75, 3.05) is 7.11 Å². The van der Waals surface area contributed by atoms with Crippen LogP contribution < -0.4 is 0 Å². The van der Waals surface area contributed by atoms with Crippen LogP contribution in [0.5, 0.6) is 0 Å². The Morgan fingerprint density at radius 3 is 3.06 bits per heavy atom. The van der Waals surface area contributed by atoms with Crippen LogP contribution in [0.4, 0.5) is 0 Å². The van der Waals surface area contributed by atoms with E-state index in [1.807, 2.05) is 24.3 Å². The minimum Gasteiger partial charge on any atom is -0.469 e. The lowest BCUT2D eigenvalue weighted by Gasteiger charge is -2.22. The fourth-order valence-electron chi connectivity index (χ4n) is 1.90. The van der Waals surface area contributed by atoms with E-state index >= 15 is 0 Å². The van der Waals surface area contributed by atoms with E-state index in [1.165, 1.54) is 7.11 Å². The molecule has 0 saturated carbocycles. The van der Waals surface area contributed by atoms with Gasteiger partial charge in [0.25, 0.3) is 0 Å². The van der Waals surface area contributed by atoms with Crippen molar-refractivity contribution >= 4 is 11.9 Å². The first-order valence-corrected chi connectivity index (χ1v) is 5.70. The van der Waals surface area contributed by atoms with Crippen LogP contribution in [0, 0.1) is 0 Å². The van der Waals surface area contributed by atoms with Crippen LogP contribution >= 0.6 is 0 Å². The highest BCUT2D eigenvalue weighted by Crippen LogP contribution is 2.28. The van der Waals surface area contributed by atoms with Gasteiger partial charge >= 0.3 is 11.9 Å². The van der Waals surface area contributed by atoms with E-state index in [0.717, 1.165) is 11.1 Å². The highest BCUT2D eigenvalue weighted by molar-refractivity contribution is 5.82. The van der Waals surface area contributed by atoms with Gasteiger partial charge < -0.3 is 9.47 Å². The van der Waals surface area contributed by atoms with Crippen LogP contribution in [-0.2, 0) is 25.7 Å². The van der Waals surface area contributed by atoms with E-state index < -0.39 is 5.92 Å². The van der Waals surface area contributed by atoms with E-state index in [2.05, 4.69) is 4.74 Å². The predicted octanol–water partition coefficient (Wildman–Crippen LogP) is 1.95. The molecule has 0 fully saturated rings. The lowest BCUT2D eigenvalue weighted by Crippen LogP contribution is -2.21. The van der Waals surface area contributed by atoms with E-state index in [0.29, 0.717) is 6.61 Å². The zero-order valence-electron chi connectivity index (χ0n) is 10.1. The number of hydrogen-bond acceptors (Lipinski definition) is 4. The zero-order chi connectivity index (χ0) is 13.0. The SMILES string of the molecule is COC(=O)C/C=C\C1C(=O)OCc2ccccc21. The molecular weight excluding hydrogens is 232 g/mol. The molecule has 2 rings (SSSR count). The summed E-state index contributed by atoms with van der Waals surface area (Å²) in [6.45, 7) is 0.316. The van der Waals surface area contributed by atoms with E-state index in [9.17, 15) is 9.59 Å². The Labute approximate surface area is 105 Å². The number of fused-ring (bicyclic) bond motifs is 1. The zero-order valence-corrected chi connectivity index (χ0v) is 10.1. The molecule has 1 unspecified atom stereocenters. The summed E-state index contributed by atoms with van der Waals surface area (Å²) in [6.07, 6.45) is 3.49. The molecule has 4 heteroatoms. The van der Waals surface area contributed by atoms with E-state index in [-0.39, 0.29) is 18.4 Å². The third-order valence-electron chi connectivity index (χ3n) is 2.85. The number of ether oxygens (including phenoxy) is 2. The maximum Gasteiger partial charge on any atom is 0.317 e. The summed E-state index contributed by atoms with van der Waals surface area (Å²) in [5, 5.41) is 0. The van der Waals surface area contributed by atoms with Gasteiger partial charge in [0.2, 0.25) is 0 Å². The van der Waals surface area contributed by atoms with Gasteiger partial charge in [0.05, 0.1) is 13.5 Å². The summed E-state index contributed by atoms with van der Waals surface area (Å²) < 4.78 is 9.62. The molecule has 1 aromatic carbocycles. The molecule has 1 atom stereocenters. The predicted molar refractivity (Wildman–Crippen MR) is 64.8 cm³/mol. The van der Waals surface area contributed by atoms with Gasteiger partial charge in [0, 0.05) is 0 Å². The van der Waals surface area contributed by atoms with E-state index in [4.69, 9.17) is 4.74 Å². The first-order chi connectivity index (χ1) is 8.72. The van der Waals surface area contributed by atoms with Gasteiger partial charge in [-0.05, 0) is 11.1 Å². The number of carbonyl (C=O) groups is 2. The summed E-state index contributed by atoms with van der Waals surface area (Å²) in [7, 11) is 1.33. The molecule has 1 aliphatic heterocycles. The average molecular weight is 246 g/mol. The van der Waals surface area contributed by atoms with Crippen molar-refractivity contribution in [2.24, 2.45) is 0 Å². The largest absolute Gasteiger partial charge is 0.469 e. The van der Waals surface area contributed by atoms with Crippen LogP contribution in [0.1, 0.15) is 23.5 Å². The Balaban J connectivity index is 2.17. The molecule has 0 radical (unpaired) electrons. The third kappa shape index (κ3) is 2.59. The molecule has 0 aliphatic carbocycles. The molecule has 0 saturated heterocycles. The molecule has 1 aliphatic rings. The minimum absolute atomic E-state index is 0.155. The maximum absolute atomic E-state index is 11.7. The van der Waals surface area contributed by atoms with Crippen LogP contribution in [0.25, 0.3) is 0 Å². The van der Waals surface area contributed by atoms with Crippen molar-refractivity contribution in [3.05, 3.63) is 47.5 Å². The van der Waals surface area contributed by atoms with Crippen LogP contribution in [0.3, 0.4) is 0 Å². The number of benzene rings is 1. The second-order valence-corrected chi connectivity index (χ2v) is 3.99. The maximum atomic E-state index is 11.7. The monoisotopic (exact) mass is 246 g/mol. The highest BCUT2D eigenvalue weighted by atomic mass is 16.5. The number of esters is 2. The van der Waals surface area contributed by atoms with Crippen LogP contribution in [-0.4, -0.2) is 19.0 Å². The molecule has 1 aromatic rings. The molecule has 94 valence electrons. The first kappa shape index (κ1) is 12.4. The van der Waals surface area contributed by atoms with Crippen molar-refractivity contribution in [1.29, 1.82) is 0 Å². The fourth-order valence-corrected chi connectivity index (χ4v) is 1.90. The molecule has 0 aromatic heterocycles. The molecule has 0 spiro atoms. The van der Waals surface area contributed by atoms with Crippen LogP contribution in [0.15, 0.2) is 36.4 Å². The van der Waals surface area contributed by atoms with Crippen molar-refractivity contribution in [3.8, 4) is 0 Å². The first-order valence-electron chi connectivity index (χ1n) is 5.70. The lowest BCUT2D eigenvalue weighted by atomic mass is 9.92. The topological polar surface area (TPSA) is 52.6 Å². The quantitative estimate of drug-likeness (QED) is 0.604. The summed E-state index contributed by atoms with van der Waals surface area (Å²) in [4.78, 5) is 22.7. The number of carbonyl (C=O) groups excluding carboxylic acids is 2. The molecule has 0 N–H and O–H groups in total. The molecule has 0 amide bonds. The van der Waals surface area contributed by atoms with Crippen molar-refractivity contribution in [1.82, 2.24) is 0 Å². The molecule has 0 bridgehead atoms. The van der Waals surface area contributed by atoms with Gasteiger partial charge in [-0.2, -0.15) is 0 Å². The highest BCUT2D eigenvalue weighted by Gasteiger charge is 2.26. The number of methoxy groups -OCH3 is 1. The second kappa shape index (κ2) is 5.49. The normalized spacial score (nSPS) is 18.3. The Morgan fingerprint density at radius 2 is 2.28 bits per heavy atom. The second-order valence-electron chi connectivity index (χ2n) is 3.99. The fraction of sp³-hybridized carbons (Fsp3) is 0.286. The number of hydrogen-bond donors (Lipinski definition) is 0. The van der Waals surface area contributed by atoms with Crippen molar-refractivity contribution in [3.63, 3.8) is 0 Å². The standard InChI is InChI=1S/C14H14O4/c1-17-13(15)8-4-7-12-11-6-3-2-5-10(11)9-18-14(12)16/h2-7,12H,8-9H2,1H3/b7-4-. The van der Waals surface area contributed by atoms with Crippen molar-refractivity contribution < 1.29 is 19.1 Å². The van der Waals surface area contributed by atoms with E-state index in [1.54, 1.807) is 12.2 Å². The summed E-state index contributed by atoms with van der Waals surface area (Å²) in [5.74, 6) is -1.04. The van der Waals surface area contributed by atoms with Crippen molar-refractivity contribution in [2.45, 2.75) is 18.9 Å². The molecule has 18 heavy (non-hydrogen) atoms. The molecule has 1 heterocycles. The van der Waals surface area contributed by atoms with Gasteiger partial charge in [-0.3, -0.25) is 9.59 Å². The summed E-state index contributed by atoms with van der Waals surface area (Å²) >= 11 is 0. The van der Waals surface area contributed by atoms with Crippen LogP contribution in [0.2, 0.25) is 0 Å². The average Bonchev–Trinajstić information content (AvgIpc) is 2.41. The Morgan fingerprint density at radius 1 is 1.50 bits per heavy atom. The number of cyclic esters (lactones) is 1. The smallest absolute Gasteiger partial charge is 0.317 e.